The Hall–Kier alpha value is -1.90. The maximum absolute atomic E-state index is 8.61. The Balaban J connectivity index is 1.29. The largest absolute Gasteiger partial charge is 0.378 e. The van der Waals surface area contributed by atoms with Crippen LogP contribution in [0.2, 0.25) is 0 Å². The van der Waals surface area contributed by atoms with Gasteiger partial charge in [-0.05, 0) is 37.5 Å². The number of fused-ring (bicyclic) bond motifs is 2. The van der Waals surface area contributed by atoms with Crippen LogP contribution in [0, 0.1) is 0 Å². The molecule has 0 aliphatic carbocycles. The van der Waals surface area contributed by atoms with Crippen LogP contribution in [-0.4, -0.2) is 80.9 Å². The van der Waals surface area contributed by atoms with E-state index in [9.17, 15) is 0 Å². The number of aliphatic imine (C=N–C) groups is 1. The lowest BCUT2D eigenvalue weighted by molar-refractivity contribution is -0.169. The second-order valence-electron chi connectivity index (χ2n) is 7.91. The van der Waals surface area contributed by atoms with Crippen molar-refractivity contribution < 1.29 is 25.2 Å². The van der Waals surface area contributed by atoms with Crippen LogP contribution in [0.4, 0.5) is 5.69 Å². The second kappa shape index (κ2) is 11.5. The van der Waals surface area contributed by atoms with Gasteiger partial charge in [-0.2, -0.15) is 0 Å². The van der Waals surface area contributed by atoms with Crippen molar-refractivity contribution in [2.24, 2.45) is 4.99 Å². The highest BCUT2D eigenvalue weighted by Crippen LogP contribution is 2.40. The Labute approximate surface area is 212 Å². The summed E-state index contributed by atoms with van der Waals surface area (Å²) in [5.74, 6) is 0.754. The fraction of sp³-hybridized carbons (Fsp3) is 0.500. The summed E-state index contributed by atoms with van der Waals surface area (Å²) in [6.45, 7) is -11.2. The Bertz CT molecular complexity index is 1270. The van der Waals surface area contributed by atoms with Gasteiger partial charge in [0.1, 0.15) is 5.84 Å². The highest BCUT2D eigenvalue weighted by Gasteiger charge is 2.25. The lowest BCUT2D eigenvalue weighted by atomic mass is 10.1. The topological polar surface area (TPSA) is 46.5 Å². The normalized spacial score (nSPS) is 26.5. The molecule has 0 saturated carbocycles. The Morgan fingerprint density at radius 1 is 0.970 bits per heavy atom. The molecule has 3 aliphatic heterocycles. The van der Waals surface area contributed by atoms with Crippen LogP contribution < -0.4 is 0 Å². The maximum atomic E-state index is 8.61. The molecule has 0 radical (unpaired) electrons. The molecule has 176 valence electrons. The fourth-order valence-corrected chi connectivity index (χ4v) is 4.99. The van der Waals surface area contributed by atoms with Crippen LogP contribution in [0.25, 0.3) is 0 Å². The van der Waals surface area contributed by atoms with Crippen LogP contribution in [0.5, 0.6) is 0 Å². The van der Waals surface area contributed by atoms with Crippen molar-refractivity contribution in [3.63, 3.8) is 0 Å². The molecule has 33 heavy (non-hydrogen) atoms. The van der Waals surface area contributed by atoms with Crippen molar-refractivity contribution in [3.05, 3.63) is 54.1 Å². The SMILES string of the molecule is [2H]C([2H])(OC1CCCCO1)C([2H])([2H])OC([2H])([2H])C([2H])([2H])N1CCN(C2=Nc3ccccc3Sc3ccccc32)CC1. The molecule has 0 spiro atoms. The van der Waals surface area contributed by atoms with Gasteiger partial charge in [0.25, 0.3) is 0 Å². The minimum absolute atomic E-state index is 0.105. The van der Waals surface area contributed by atoms with Crippen molar-refractivity contribution in [2.45, 2.75) is 35.3 Å². The minimum Gasteiger partial charge on any atom is -0.378 e. The Kier molecular flexibility index (Phi) is 5.28. The third-order valence-corrected chi connectivity index (χ3v) is 6.84. The van der Waals surface area contributed by atoms with Gasteiger partial charge in [0.05, 0.1) is 33.6 Å². The van der Waals surface area contributed by atoms with E-state index in [1.54, 1.807) is 11.8 Å². The summed E-state index contributed by atoms with van der Waals surface area (Å²) in [7, 11) is 0. The first-order valence-electron chi connectivity index (χ1n) is 15.3. The quantitative estimate of drug-likeness (QED) is 0.591. The number of piperazine rings is 1. The molecule has 0 aromatic heterocycles. The highest BCUT2D eigenvalue weighted by molar-refractivity contribution is 7.99. The third-order valence-electron chi connectivity index (χ3n) is 5.69. The molecule has 0 amide bonds. The van der Waals surface area contributed by atoms with Crippen molar-refractivity contribution in [2.75, 3.05) is 59.0 Å². The molecule has 3 aliphatic rings. The van der Waals surface area contributed by atoms with Crippen LogP contribution in [0.3, 0.4) is 0 Å². The highest BCUT2D eigenvalue weighted by atomic mass is 32.2. The predicted octanol–water partition coefficient (Wildman–Crippen LogP) is 4.41. The number of rotatable bonds is 7. The van der Waals surface area contributed by atoms with Crippen molar-refractivity contribution in [1.82, 2.24) is 9.80 Å². The van der Waals surface area contributed by atoms with E-state index in [1.165, 1.54) is 4.90 Å². The lowest BCUT2D eigenvalue weighted by Crippen LogP contribution is -2.49. The minimum atomic E-state index is -3.31. The smallest absolute Gasteiger partial charge is 0.157 e. The van der Waals surface area contributed by atoms with E-state index >= 15 is 0 Å². The van der Waals surface area contributed by atoms with Gasteiger partial charge in [0, 0.05) is 57.4 Å². The molecular weight excluding hydrogens is 434 g/mol. The molecule has 1 unspecified atom stereocenters. The molecule has 1 atom stereocenters. The average Bonchev–Trinajstić information content (AvgIpc) is 3.09. The van der Waals surface area contributed by atoms with E-state index in [0.717, 1.165) is 39.7 Å². The van der Waals surface area contributed by atoms with Crippen molar-refractivity contribution >= 4 is 23.3 Å². The van der Waals surface area contributed by atoms with Gasteiger partial charge in [0.2, 0.25) is 0 Å². The Morgan fingerprint density at radius 3 is 2.64 bits per heavy atom. The molecular formula is C26H33N3O3S. The summed E-state index contributed by atoms with van der Waals surface area (Å²) in [5.41, 5.74) is 1.80. The number of benzene rings is 2. The molecule has 2 aromatic rings. The first-order chi connectivity index (χ1) is 19.3. The van der Waals surface area contributed by atoms with E-state index < -0.39 is 32.5 Å². The number of hydrogen-bond acceptors (Lipinski definition) is 7. The van der Waals surface area contributed by atoms with E-state index in [1.807, 2.05) is 53.4 Å². The van der Waals surface area contributed by atoms with E-state index in [4.69, 9.17) is 30.2 Å². The third kappa shape index (κ3) is 5.97. The van der Waals surface area contributed by atoms with E-state index in [0.29, 0.717) is 26.1 Å². The summed E-state index contributed by atoms with van der Waals surface area (Å²) in [6.07, 6.45) is 0.890. The number of amidine groups is 1. The van der Waals surface area contributed by atoms with Crippen LogP contribution in [-0.2, 0) is 14.2 Å². The van der Waals surface area contributed by atoms with Crippen molar-refractivity contribution in [3.8, 4) is 0 Å². The molecule has 2 fully saturated rings. The number of ether oxygens (including phenoxy) is 3. The maximum Gasteiger partial charge on any atom is 0.157 e. The average molecular weight is 476 g/mol. The zero-order valence-corrected chi connectivity index (χ0v) is 19.1. The first kappa shape index (κ1) is 15.2. The van der Waals surface area contributed by atoms with Gasteiger partial charge in [0.15, 0.2) is 6.29 Å². The first-order valence-corrected chi connectivity index (χ1v) is 12.1. The van der Waals surface area contributed by atoms with Gasteiger partial charge in [-0.25, -0.2) is 4.99 Å². The summed E-state index contributed by atoms with van der Waals surface area (Å²) in [6, 6.07) is 15.8. The molecule has 6 nitrogen and oxygen atoms in total. The lowest BCUT2D eigenvalue weighted by Gasteiger charge is -2.36. The number of hydrogen-bond donors (Lipinski definition) is 0. The standard InChI is InChI=1S/C26H33N3O3S/c1-3-9-23-21(7-1)26(27-22-8-2-4-10-24(22)33-23)29-14-12-28(13-15-29)16-18-30-19-20-32-25-11-5-6-17-31-25/h1-4,7-10,25H,5-6,11-20H2/i16D2,18D2,19D2,20D2. The van der Waals surface area contributed by atoms with Gasteiger partial charge < -0.3 is 19.1 Å². The molecule has 7 heteroatoms. The van der Waals surface area contributed by atoms with Gasteiger partial charge in [-0.1, -0.05) is 42.1 Å². The molecule has 2 aromatic carbocycles. The zero-order valence-electron chi connectivity index (χ0n) is 26.3. The number of para-hydroxylation sites is 1. The zero-order chi connectivity index (χ0) is 29.5. The van der Waals surface area contributed by atoms with Crippen LogP contribution in [0.15, 0.2) is 63.3 Å². The van der Waals surface area contributed by atoms with Crippen molar-refractivity contribution in [1.29, 1.82) is 0 Å². The summed E-state index contributed by atoms with van der Waals surface area (Å²) >= 11 is 1.64. The fourth-order valence-electron chi connectivity index (χ4n) is 3.97. The molecule has 5 rings (SSSR count). The molecule has 0 N–H and O–H groups in total. The Morgan fingerprint density at radius 2 is 1.79 bits per heavy atom. The second-order valence-corrected chi connectivity index (χ2v) is 8.99. The monoisotopic (exact) mass is 475 g/mol. The van der Waals surface area contributed by atoms with Crippen LogP contribution in [0.1, 0.15) is 35.8 Å². The van der Waals surface area contributed by atoms with Crippen LogP contribution >= 0.6 is 11.8 Å². The molecule has 0 bridgehead atoms. The van der Waals surface area contributed by atoms with E-state index in [2.05, 4.69) is 0 Å². The van der Waals surface area contributed by atoms with Gasteiger partial charge in [-0.15, -0.1) is 0 Å². The summed E-state index contributed by atoms with van der Waals surface area (Å²) in [5, 5.41) is 0. The predicted molar refractivity (Wildman–Crippen MR) is 132 cm³/mol. The number of nitrogens with zero attached hydrogens (tertiary/aromatic N) is 3. The summed E-state index contributed by atoms with van der Waals surface area (Å²) < 4.78 is 81.9. The van der Waals surface area contributed by atoms with Gasteiger partial charge in [-0.3, -0.25) is 4.90 Å². The molecule has 2 saturated heterocycles. The van der Waals surface area contributed by atoms with Gasteiger partial charge >= 0.3 is 0 Å². The van der Waals surface area contributed by atoms with E-state index in [-0.39, 0.29) is 13.1 Å². The summed E-state index contributed by atoms with van der Waals surface area (Å²) in [4.78, 5) is 10.3. The molecule has 3 heterocycles.